The molecule has 0 aromatic heterocycles. The van der Waals surface area contributed by atoms with Crippen LogP contribution in [0, 0.1) is 5.92 Å². The van der Waals surface area contributed by atoms with Gasteiger partial charge in [0, 0.05) is 31.5 Å². The molecule has 166 valence electrons. The minimum atomic E-state index is -3.63. The lowest BCUT2D eigenvalue weighted by Crippen LogP contribution is -2.43. The van der Waals surface area contributed by atoms with Crippen LogP contribution in [0.3, 0.4) is 0 Å². The molecule has 3 rings (SSSR count). The number of carbonyl (C=O) groups excluding carboxylic acids is 2. The van der Waals surface area contributed by atoms with E-state index >= 15 is 0 Å². The number of hydrogen-bond acceptors (Lipinski definition) is 5. The first kappa shape index (κ1) is 22.8. The Kier molecular flexibility index (Phi) is 7.29. The van der Waals surface area contributed by atoms with Crippen molar-refractivity contribution in [2.24, 2.45) is 5.92 Å². The van der Waals surface area contributed by atoms with Crippen LogP contribution in [0.2, 0.25) is 0 Å². The minimum absolute atomic E-state index is 0.146. The molecule has 0 aliphatic carbocycles. The number of piperidine rings is 1. The van der Waals surface area contributed by atoms with Crippen LogP contribution in [-0.2, 0) is 19.6 Å². The van der Waals surface area contributed by atoms with Crippen LogP contribution in [0.15, 0.2) is 59.5 Å². The molecular weight excluding hydrogens is 418 g/mol. The Labute approximate surface area is 182 Å². The highest BCUT2D eigenvalue weighted by Gasteiger charge is 2.33. The molecule has 1 aliphatic rings. The molecule has 9 heteroatoms. The Bertz CT molecular complexity index is 1010. The molecule has 1 N–H and O–H groups in total. The standard InChI is InChI=1S/C22H27N3O5S/c1-3-30-22(27)24(2)19-13-11-18(12-14-19)23-21(26)17-8-7-15-25(16-17)31(28,29)20-9-5-4-6-10-20/h4-6,9-14,17H,3,7-8,15-16H2,1-2H3,(H,23,26). The normalized spacial score (nSPS) is 17.0. The summed E-state index contributed by atoms with van der Waals surface area (Å²) in [6.07, 6.45) is 0.783. The Hall–Kier alpha value is -2.91. The molecule has 1 unspecified atom stereocenters. The molecular formula is C22H27N3O5S. The van der Waals surface area contributed by atoms with Gasteiger partial charge in [0.2, 0.25) is 15.9 Å². The average Bonchev–Trinajstić information content (AvgIpc) is 2.80. The molecule has 0 saturated carbocycles. The molecule has 0 bridgehead atoms. The largest absolute Gasteiger partial charge is 0.449 e. The molecule has 1 atom stereocenters. The van der Waals surface area contributed by atoms with Crippen molar-refractivity contribution in [1.29, 1.82) is 0 Å². The maximum absolute atomic E-state index is 12.9. The Balaban J connectivity index is 1.63. The van der Waals surface area contributed by atoms with Crippen LogP contribution < -0.4 is 10.2 Å². The molecule has 2 aromatic rings. The second kappa shape index (κ2) is 9.93. The molecule has 1 fully saturated rings. The van der Waals surface area contributed by atoms with Crippen molar-refractivity contribution in [2.45, 2.75) is 24.7 Å². The Morgan fingerprint density at radius 3 is 2.45 bits per heavy atom. The topological polar surface area (TPSA) is 96.0 Å². The summed E-state index contributed by atoms with van der Waals surface area (Å²) < 4.78 is 32.1. The van der Waals surface area contributed by atoms with E-state index in [4.69, 9.17) is 4.74 Å². The zero-order chi connectivity index (χ0) is 22.4. The highest BCUT2D eigenvalue weighted by Crippen LogP contribution is 2.25. The number of ether oxygens (including phenoxy) is 1. The van der Waals surface area contributed by atoms with Crippen molar-refractivity contribution in [2.75, 3.05) is 37.0 Å². The Morgan fingerprint density at radius 2 is 1.81 bits per heavy atom. The molecule has 0 radical (unpaired) electrons. The van der Waals surface area contributed by atoms with E-state index in [1.165, 1.54) is 9.21 Å². The van der Waals surface area contributed by atoms with Crippen molar-refractivity contribution in [1.82, 2.24) is 4.31 Å². The van der Waals surface area contributed by atoms with E-state index in [-0.39, 0.29) is 24.0 Å². The maximum Gasteiger partial charge on any atom is 0.413 e. The first-order chi connectivity index (χ1) is 14.8. The predicted octanol–water partition coefficient (Wildman–Crippen LogP) is 3.32. The second-order valence-electron chi connectivity index (χ2n) is 7.31. The summed E-state index contributed by atoms with van der Waals surface area (Å²) >= 11 is 0. The highest BCUT2D eigenvalue weighted by molar-refractivity contribution is 7.89. The molecule has 2 amide bonds. The van der Waals surface area contributed by atoms with Gasteiger partial charge < -0.3 is 10.1 Å². The number of amides is 2. The van der Waals surface area contributed by atoms with Crippen LogP contribution in [0.5, 0.6) is 0 Å². The summed E-state index contributed by atoms with van der Waals surface area (Å²) in [5.41, 5.74) is 1.21. The van der Waals surface area contributed by atoms with Gasteiger partial charge in [0.15, 0.2) is 0 Å². The summed E-state index contributed by atoms with van der Waals surface area (Å²) in [7, 11) is -2.02. The van der Waals surface area contributed by atoms with E-state index < -0.39 is 22.0 Å². The molecule has 2 aromatic carbocycles. The van der Waals surface area contributed by atoms with Gasteiger partial charge >= 0.3 is 6.09 Å². The second-order valence-corrected chi connectivity index (χ2v) is 9.25. The van der Waals surface area contributed by atoms with E-state index in [2.05, 4.69) is 5.32 Å². The van der Waals surface area contributed by atoms with Crippen molar-refractivity contribution < 1.29 is 22.7 Å². The van der Waals surface area contributed by atoms with Gasteiger partial charge in [-0.2, -0.15) is 4.31 Å². The van der Waals surface area contributed by atoms with E-state index in [9.17, 15) is 18.0 Å². The van der Waals surface area contributed by atoms with E-state index in [1.807, 2.05) is 0 Å². The van der Waals surface area contributed by atoms with Crippen LogP contribution in [0.1, 0.15) is 19.8 Å². The van der Waals surface area contributed by atoms with Crippen molar-refractivity contribution in [3.05, 3.63) is 54.6 Å². The fourth-order valence-electron chi connectivity index (χ4n) is 3.45. The smallest absolute Gasteiger partial charge is 0.413 e. The van der Waals surface area contributed by atoms with Gasteiger partial charge in [-0.1, -0.05) is 18.2 Å². The summed E-state index contributed by atoms with van der Waals surface area (Å²) in [4.78, 5) is 26.2. The van der Waals surface area contributed by atoms with E-state index in [1.54, 1.807) is 68.6 Å². The summed E-state index contributed by atoms with van der Waals surface area (Å²) in [6, 6.07) is 15.1. The van der Waals surface area contributed by atoms with Gasteiger partial charge in [-0.3, -0.25) is 9.69 Å². The Morgan fingerprint density at radius 1 is 1.13 bits per heavy atom. The zero-order valence-corrected chi connectivity index (χ0v) is 18.5. The molecule has 31 heavy (non-hydrogen) atoms. The SMILES string of the molecule is CCOC(=O)N(C)c1ccc(NC(=O)C2CCCN(S(=O)(=O)c3ccccc3)C2)cc1. The quantitative estimate of drug-likeness (QED) is 0.736. The molecule has 0 spiro atoms. The lowest BCUT2D eigenvalue weighted by atomic mass is 9.98. The van der Waals surface area contributed by atoms with Gasteiger partial charge in [-0.05, 0) is 56.2 Å². The first-order valence-corrected chi connectivity index (χ1v) is 11.6. The zero-order valence-electron chi connectivity index (χ0n) is 17.7. The van der Waals surface area contributed by atoms with Crippen LogP contribution >= 0.6 is 0 Å². The number of nitrogens with zero attached hydrogens (tertiary/aromatic N) is 2. The van der Waals surface area contributed by atoms with Crippen LogP contribution in [0.25, 0.3) is 0 Å². The molecule has 1 heterocycles. The van der Waals surface area contributed by atoms with E-state index in [0.717, 1.165) is 0 Å². The van der Waals surface area contributed by atoms with Gasteiger partial charge in [0.25, 0.3) is 0 Å². The number of anilines is 2. The first-order valence-electron chi connectivity index (χ1n) is 10.2. The molecule has 1 saturated heterocycles. The van der Waals surface area contributed by atoms with Crippen molar-refractivity contribution >= 4 is 33.4 Å². The van der Waals surface area contributed by atoms with Crippen molar-refractivity contribution in [3.8, 4) is 0 Å². The van der Waals surface area contributed by atoms with Gasteiger partial charge in [0.1, 0.15) is 0 Å². The number of carbonyl (C=O) groups is 2. The van der Waals surface area contributed by atoms with Crippen LogP contribution in [0.4, 0.5) is 16.2 Å². The van der Waals surface area contributed by atoms with Gasteiger partial charge in [-0.15, -0.1) is 0 Å². The van der Waals surface area contributed by atoms with Crippen LogP contribution in [-0.4, -0.2) is 51.5 Å². The summed E-state index contributed by atoms with van der Waals surface area (Å²) in [6.45, 7) is 2.57. The lowest BCUT2D eigenvalue weighted by molar-refractivity contribution is -0.120. The third kappa shape index (κ3) is 5.42. The number of hydrogen-bond donors (Lipinski definition) is 1. The molecule has 8 nitrogen and oxygen atoms in total. The monoisotopic (exact) mass is 445 g/mol. The van der Waals surface area contributed by atoms with Gasteiger partial charge in [0.05, 0.1) is 17.4 Å². The maximum atomic E-state index is 12.9. The number of benzene rings is 2. The minimum Gasteiger partial charge on any atom is -0.449 e. The van der Waals surface area contributed by atoms with Crippen molar-refractivity contribution in [3.63, 3.8) is 0 Å². The summed E-state index contributed by atoms with van der Waals surface area (Å²) in [5.74, 6) is -0.659. The number of rotatable bonds is 6. The average molecular weight is 446 g/mol. The highest BCUT2D eigenvalue weighted by atomic mass is 32.2. The number of sulfonamides is 1. The number of nitrogens with one attached hydrogen (secondary N) is 1. The summed E-state index contributed by atoms with van der Waals surface area (Å²) in [5, 5.41) is 2.85. The van der Waals surface area contributed by atoms with Gasteiger partial charge in [-0.25, -0.2) is 13.2 Å². The fourth-order valence-corrected chi connectivity index (χ4v) is 5.00. The third-order valence-electron chi connectivity index (χ3n) is 5.20. The predicted molar refractivity (Wildman–Crippen MR) is 118 cm³/mol. The van der Waals surface area contributed by atoms with E-state index in [0.29, 0.717) is 30.8 Å². The lowest BCUT2D eigenvalue weighted by Gasteiger charge is -2.31. The fraction of sp³-hybridized carbons (Fsp3) is 0.364. The third-order valence-corrected chi connectivity index (χ3v) is 7.08. The molecule has 1 aliphatic heterocycles.